The zero-order valence-electron chi connectivity index (χ0n) is 13.4. The van der Waals surface area contributed by atoms with E-state index < -0.39 is 7.92 Å². The topological polar surface area (TPSA) is 9.23 Å². The lowest BCUT2D eigenvalue weighted by atomic mass is 10.4. The lowest BCUT2D eigenvalue weighted by Gasteiger charge is -2.18. The summed E-state index contributed by atoms with van der Waals surface area (Å²) in [5, 5.41) is 4.19. The van der Waals surface area contributed by atoms with Gasteiger partial charge in [0, 0.05) is 14.2 Å². The molecule has 1 nitrogen and oxygen atoms in total. The predicted octanol–water partition coefficient (Wildman–Crippen LogP) is 3.86. The van der Waals surface area contributed by atoms with Crippen molar-refractivity contribution in [1.82, 2.24) is 0 Å². The van der Waals surface area contributed by atoms with E-state index in [0.717, 1.165) is 0 Å². The van der Waals surface area contributed by atoms with E-state index in [9.17, 15) is 0 Å². The molecule has 3 aromatic rings. The van der Waals surface area contributed by atoms with Crippen LogP contribution in [0.4, 0.5) is 4.70 Å². The number of ether oxygens (including phenoxy) is 1. The smallest absolute Gasteiger partial charge is 0.0351 e. The SMILES string of the molecule is COC.F.c1ccc(P(c2ccccc2)c2ccccc2)cc1. The van der Waals surface area contributed by atoms with Crippen LogP contribution < -0.4 is 15.9 Å². The molecule has 120 valence electrons. The molecule has 0 aliphatic rings. The van der Waals surface area contributed by atoms with Gasteiger partial charge in [-0.05, 0) is 23.8 Å². The van der Waals surface area contributed by atoms with Gasteiger partial charge in [0.05, 0.1) is 0 Å². The Morgan fingerprint density at radius 2 is 0.739 bits per heavy atom. The summed E-state index contributed by atoms with van der Waals surface area (Å²) in [6, 6.07) is 32.3. The molecule has 3 aromatic carbocycles. The molecular weight excluding hydrogens is 306 g/mol. The van der Waals surface area contributed by atoms with Gasteiger partial charge >= 0.3 is 0 Å². The normalized spacial score (nSPS) is 9.52. The Morgan fingerprint density at radius 3 is 0.957 bits per heavy atom. The third-order valence-corrected chi connectivity index (χ3v) is 5.49. The Balaban J connectivity index is 0.000000615. The van der Waals surface area contributed by atoms with Gasteiger partial charge < -0.3 is 4.74 Å². The lowest BCUT2D eigenvalue weighted by Crippen LogP contribution is -2.20. The minimum absolute atomic E-state index is 0. The standard InChI is InChI=1S/C18H15P.C2H6O.FH/c1-4-10-16(11-5-1)19(17-12-6-2-7-13-17)18-14-8-3-9-15-18;1-3-2;/h1-15H;1-2H3;1H. The zero-order chi connectivity index (χ0) is 15.6. The van der Waals surface area contributed by atoms with Gasteiger partial charge in [-0.1, -0.05) is 91.0 Å². The molecule has 3 heteroatoms. The van der Waals surface area contributed by atoms with Gasteiger partial charge in [0.25, 0.3) is 0 Å². The summed E-state index contributed by atoms with van der Waals surface area (Å²) in [6.45, 7) is 0. The van der Waals surface area contributed by atoms with E-state index >= 15 is 0 Å². The second-order valence-corrected chi connectivity index (χ2v) is 6.97. The van der Waals surface area contributed by atoms with Gasteiger partial charge in [-0.3, -0.25) is 4.70 Å². The van der Waals surface area contributed by atoms with Crippen LogP contribution in [0.2, 0.25) is 0 Å². The molecule has 0 spiro atoms. The fourth-order valence-corrected chi connectivity index (χ4v) is 4.48. The summed E-state index contributed by atoms with van der Waals surface area (Å²) in [5.74, 6) is 0. The van der Waals surface area contributed by atoms with Crippen molar-refractivity contribution in [2.45, 2.75) is 0 Å². The van der Waals surface area contributed by atoms with E-state index in [1.807, 2.05) is 0 Å². The van der Waals surface area contributed by atoms with Gasteiger partial charge in [-0.2, -0.15) is 0 Å². The van der Waals surface area contributed by atoms with Crippen molar-refractivity contribution in [2.24, 2.45) is 0 Å². The largest absolute Gasteiger partial charge is 0.388 e. The first-order chi connectivity index (χ1) is 10.9. The molecule has 0 unspecified atom stereocenters. The molecule has 23 heavy (non-hydrogen) atoms. The lowest BCUT2D eigenvalue weighted by molar-refractivity contribution is 0.277. The van der Waals surface area contributed by atoms with Gasteiger partial charge in [-0.25, -0.2) is 0 Å². The fourth-order valence-electron chi connectivity index (χ4n) is 2.18. The maximum absolute atomic E-state index is 4.25. The molecule has 0 aliphatic carbocycles. The molecule has 0 radical (unpaired) electrons. The van der Waals surface area contributed by atoms with E-state index in [1.54, 1.807) is 14.2 Å². The Kier molecular flexibility index (Phi) is 8.82. The van der Waals surface area contributed by atoms with Crippen molar-refractivity contribution in [3.05, 3.63) is 91.0 Å². The van der Waals surface area contributed by atoms with E-state index in [0.29, 0.717) is 0 Å². The van der Waals surface area contributed by atoms with Crippen LogP contribution in [0.1, 0.15) is 0 Å². The molecule has 0 fully saturated rings. The third kappa shape index (κ3) is 5.59. The van der Waals surface area contributed by atoms with Crippen molar-refractivity contribution < 1.29 is 9.44 Å². The Morgan fingerprint density at radius 1 is 0.522 bits per heavy atom. The van der Waals surface area contributed by atoms with E-state index in [2.05, 4.69) is 95.7 Å². The average molecular weight is 328 g/mol. The van der Waals surface area contributed by atoms with E-state index in [4.69, 9.17) is 0 Å². The minimum Gasteiger partial charge on any atom is -0.388 e. The van der Waals surface area contributed by atoms with Crippen LogP contribution in [0, 0.1) is 0 Å². The summed E-state index contributed by atoms with van der Waals surface area (Å²) in [5.41, 5.74) is 0. The Hall–Kier alpha value is -2.02. The molecule has 0 atom stereocenters. The van der Waals surface area contributed by atoms with Crippen molar-refractivity contribution >= 4 is 23.8 Å². The first-order valence-corrected chi connectivity index (χ1v) is 8.56. The second kappa shape index (κ2) is 10.7. The number of halogens is 1. The third-order valence-electron chi connectivity index (χ3n) is 3.04. The van der Waals surface area contributed by atoms with Crippen molar-refractivity contribution in [3.8, 4) is 0 Å². The highest BCUT2D eigenvalue weighted by molar-refractivity contribution is 7.79. The van der Waals surface area contributed by atoms with E-state index in [-0.39, 0.29) is 4.70 Å². The summed E-state index contributed by atoms with van der Waals surface area (Å²) >= 11 is 0. The zero-order valence-corrected chi connectivity index (χ0v) is 14.3. The Bertz CT molecular complexity index is 550. The molecule has 0 saturated carbocycles. The first kappa shape index (κ1) is 19.0. The molecule has 0 saturated heterocycles. The van der Waals surface area contributed by atoms with Crippen LogP contribution in [0.15, 0.2) is 91.0 Å². The minimum atomic E-state index is -0.446. The molecule has 0 bridgehead atoms. The number of methoxy groups -OCH3 is 1. The molecule has 0 aliphatic heterocycles. The molecule has 0 aromatic heterocycles. The van der Waals surface area contributed by atoms with Gasteiger partial charge in [0.15, 0.2) is 0 Å². The summed E-state index contributed by atoms with van der Waals surface area (Å²) < 4.78 is 4.25. The number of rotatable bonds is 3. The fraction of sp³-hybridized carbons (Fsp3) is 0.100. The van der Waals surface area contributed by atoms with Gasteiger partial charge in [0.1, 0.15) is 0 Å². The van der Waals surface area contributed by atoms with Crippen LogP contribution in [-0.4, -0.2) is 14.2 Å². The van der Waals surface area contributed by atoms with Gasteiger partial charge in [0.2, 0.25) is 0 Å². The summed E-state index contributed by atoms with van der Waals surface area (Å²) in [4.78, 5) is 0. The summed E-state index contributed by atoms with van der Waals surface area (Å²) in [7, 11) is 2.80. The monoisotopic (exact) mass is 328 g/mol. The summed E-state index contributed by atoms with van der Waals surface area (Å²) in [6.07, 6.45) is 0. The number of benzene rings is 3. The number of hydrogen-bond donors (Lipinski definition) is 0. The van der Waals surface area contributed by atoms with Crippen molar-refractivity contribution in [1.29, 1.82) is 0 Å². The molecule has 3 rings (SSSR count). The molecular formula is C20H22FOP. The van der Waals surface area contributed by atoms with Crippen LogP contribution in [0.3, 0.4) is 0 Å². The molecule has 0 N–H and O–H groups in total. The highest BCUT2D eigenvalue weighted by Gasteiger charge is 2.14. The highest BCUT2D eigenvalue weighted by atomic mass is 31.1. The average Bonchev–Trinajstić information content (AvgIpc) is 2.59. The van der Waals surface area contributed by atoms with E-state index in [1.165, 1.54) is 15.9 Å². The highest BCUT2D eigenvalue weighted by Crippen LogP contribution is 2.32. The van der Waals surface area contributed by atoms with Crippen LogP contribution >= 0.6 is 7.92 Å². The molecule has 0 heterocycles. The van der Waals surface area contributed by atoms with Gasteiger partial charge in [-0.15, -0.1) is 0 Å². The maximum Gasteiger partial charge on any atom is 0.0351 e. The first-order valence-electron chi connectivity index (χ1n) is 7.22. The maximum atomic E-state index is 4.25. The second-order valence-electron chi connectivity index (χ2n) is 4.75. The van der Waals surface area contributed by atoms with Crippen molar-refractivity contribution in [2.75, 3.05) is 14.2 Å². The number of hydrogen-bond acceptors (Lipinski definition) is 1. The van der Waals surface area contributed by atoms with Crippen molar-refractivity contribution in [3.63, 3.8) is 0 Å². The predicted molar refractivity (Wildman–Crippen MR) is 101 cm³/mol. The Labute approximate surface area is 139 Å². The quantitative estimate of drug-likeness (QED) is 0.664. The molecule has 0 amide bonds. The van der Waals surface area contributed by atoms with Crippen LogP contribution in [0.25, 0.3) is 0 Å². The van der Waals surface area contributed by atoms with Crippen LogP contribution in [-0.2, 0) is 4.74 Å². The van der Waals surface area contributed by atoms with Crippen LogP contribution in [0.5, 0.6) is 0 Å².